The standard InChI is InChI=1S/C23H20ClN5O3S/c1-15-5-2-7-17(11-15)26-21(30)14-33-23-28-27-20(13-25-22(31)19-9-4-10-32-19)29(23)18-8-3-6-16(24)12-18/h2-12H,13-14H2,1H3,(H,25,31)(H,26,30). The molecule has 2 N–H and O–H groups in total. The van der Waals surface area contributed by atoms with Crippen molar-refractivity contribution in [3.63, 3.8) is 0 Å². The Hall–Kier alpha value is -3.56. The lowest BCUT2D eigenvalue weighted by atomic mass is 10.2. The second-order valence-electron chi connectivity index (χ2n) is 7.08. The molecule has 33 heavy (non-hydrogen) atoms. The molecule has 2 heterocycles. The Morgan fingerprint density at radius 1 is 1.09 bits per heavy atom. The van der Waals surface area contributed by atoms with Gasteiger partial charge in [0.25, 0.3) is 5.91 Å². The van der Waals surface area contributed by atoms with E-state index in [0.29, 0.717) is 16.0 Å². The van der Waals surface area contributed by atoms with Crippen LogP contribution in [0.15, 0.2) is 76.5 Å². The van der Waals surface area contributed by atoms with Crippen LogP contribution in [-0.2, 0) is 11.3 Å². The SMILES string of the molecule is Cc1cccc(NC(=O)CSc2nnc(CNC(=O)c3ccco3)n2-c2cccc(Cl)c2)c1. The van der Waals surface area contributed by atoms with Crippen LogP contribution in [-0.4, -0.2) is 32.3 Å². The number of nitrogens with one attached hydrogen (secondary N) is 2. The van der Waals surface area contributed by atoms with Crippen molar-refractivity contribution in [3.05, 3.63) is 89.1 Å². The Bertz CT molecular complexity index is 1270. The van der Waals surface area contributed by atoms with Crippen LogP contribution in [0.2, 0.25) is 5.02 Å². The van der Waals surface area contributed by atoms with Gasteiger partial charge < -0.3 is 15.1 Å². The van der Waals surface area contributed by atoms with E-state index in [9.17, 15) is 9.59 Å². The number of furan rings is 1. The van der Waals surface area contributed by atoms with Crippen LogP contribution in [0, 0.1) is 6.92 Å². The molecule has 0 aliphatic carbocycles. The fraction of sp³-hybridized carbons (Fsp3) is 0.130. The summed E-state index contributed by atoms with van der Waals surface area (Å²) < 4.78 is 6.88. The van der Waals surface area contributed by atoms with E-state index in [1.165, 1.54) is 18.0 Å². The normalized spacial score (nSPS) is 10.7. The number of aryl methyl sites for hydroxylation is 1. The van der Waals surface area contributed by atoms with Crippen LogP contribution in [0.1, 0.15) is 21.9 Å². The molecule has 0 fully saturated rings. The summed E-state index contributed by atoms with van der Waals surface area (Å²) in [6.07, 6.45) is 1.43. The smallest absolute Gasteiger partial charge is 0.287 e. The van der Waals surface area contributed by atoms with E-state index in [4.69, 9.17) is 16.0 Å². The number of amides is 2. The lowest BCUT2D eigenvalue weighted by molar-refractivity contribution is -0.113. The average Bonchev–Trinajstić information content (AvgIpc) is 3.46. The van der Waals surface area contributed by atoms with Crippen molar-refractivity contribution in [1.29, 1.82) is 0 Å². The molecule has 0 saturated carbocycles. The highest BCUT2D eigenvalue weighted by Crippen LogP contribution is 2.24. The van der Waals surface area contributed by atoms with Crippen LogP contribution in [0.4, 0.5) is 5.69 Å². The summed E-state index contributed by atoms with van der Waals surface area (Å²) >= 11 is 7.42. The monoisotopic (exact) mass is 481 g/mol. The lowest BCUT2D eigenvalue weighted by Gasteiger charge is -2.11. The van der Waals surface area contributed by atoms with E-state index >= 15 is 0 Å². The Morgan fingerprint density at radius 3 is 2.70 bits per heavy atom. The molecule has 0 aliphatic rings. The van der Waals surface area contributed by atoms with Crippen molar-refractivity contribution in [1.82, 2.24) is 20.1 Å². The number of hydrogen-bond acceptors (Lipinski definition) is 6. The average molecular weight is 482 g/mol. The fourth-order valence-electron chi connectivity index (χ4n) is 3.09. The van der Waals surface area contributed by atoms with Crippen molar-refractivity contribution >= 4 is 40.9 Å². The van der Waals surface area contributed by atoms with Gasteiger partial charge >= 0.3 is 0 Å². The first-order chi connectivity index (χ1) is 16.0. The predicted molar refractivity (Wildman–Crippen MR) is 127 cm³/mol. The van der Waals surface area contributed by atoms with Gasteiger partial charge in [0.05, 0.1) is 24.2 Å². The summed E-state index contributed by atoms with van der Waals surface area (Å²) in [6.45, 7) is 2.07. The van der Waals surface area contributed by atoms with Crippen LogP contribution in [0.25, 0.3) is 5.69 Å². The lowest BCUT2D eigenvalue weighted by Crippen LogP contribution is -2.24. The van der Waals surface area contributed by atoms with Crippen LogP contribution in [0.3, 0.4) is 0 Å². The van der Waals surface area contributed by atoms with Gasteiger partial charge in [0.2, 0.25) is 5.91 Å². The maximum Gasteiger partial charge on any atom is 0.287 e. The van der Waals surface area contributed by atoms with Gasteiger partial charge in [0.15, 0.2) is 16.7 Å². The number of hydrogen-bond donors (Lipinski definition) is 2. The van der Waals surface area contributed by atoms with Crippen molar-refractivity contribution in [2.24, 2.45) is 0 Å². The molecule has 4 rings (SSSR count). The highest BCUT2D eigenvalue weighted by atomic mass is 35.5. The summed E-state index contributed by atoms with van der Waals surface area (Å²) in [5, 5.41) is 15.1. The number of carbonyl (C=O) groups is 2. The van der Waals surface area contributed by atoms with E-state index in [2.05, 4.69) is 20.8 Å². The van der Waals surface area contributed by atoms with Gasteiger partial charge in [-0.15, -0.1) is 10.2 Å². The van der Waals surface area contributed by atoms with Gasteiger partial charge in [-0.2, -0.15) is 0 Å². The van der Waals surface area contributed by atoms with Gasteiger partial charge in [-0.1, -0.05) is 41.6 Å². The number of aromatic nitrogens is 3. The zero-order valence-corrected chi connectivity index (χ0v) is 19.2. The molecule has 0 atom stereocenters. The third kappa shape index (κ3) is 5.82. The van der Waals surface area contributed by atoms with Crippen molar-refractivity contribution in [3.8, 4) is 5.69 Å². The number of nitrogens with zero attached hydrogens (tertiary/aromatic N) is 3. The van der Waals surface area contributed by atoms with E-state index in [1.807, 2.05) is 43.3 Å². The number of benzene rings is 2. The molecular formula is C23H20ClN5O3S. The Kier molecular flexibility index (Phi) is 7.11. The molecule has 4 aromatic rings. The molecule has 0 spiro atoms. The second-order valence-corrected chi connectivity index (χ2v) is 8.46. The molecule has 168 valence electrons. The molecular weight excluding hydrogens is 462 g/mol. The highest BCUT2D eigenvalue weighted by molar-refractivity contribution is 7.99. The first kappa shape index (κ1) is 22.6. The number of rotatable bonds is 8. The minimum atomic E-state index is -0.368. The van der Waals surface area contributed by atoms with Crippen molar-refractivity contribution in [2.45, 2.75) is 18.6 Å². The number of halogens is 1. The molecule has 0 saturated heterocycles. The number of carbonyl (C=O) groups excluding carboxylic acids is 2. The minimum Gasteiger partial charge on any atom is -0.459 e. The zero-order valence-electron chi connectivity index (χ0n) is 17.6. The molecule has 2 aromatic carbocycles. The first-order valence-electron chi connectivity index (χ1n) is 10.0. The third-order valence-corrected chi connectivity index (χ3v) is 5.72. The van der Waals surface area contributed by atoms with Crippen molar-refractivity contribution in [2.75, 3.05) is 11.1 Å². The van der Waals surface area contributed by atoms with Crippen LogP contribution >= 0.6 is 23.4 Å². The molecule has 10 heteroatoms. The van der Waals surface area contributed by atoms with Crippen LogP contribution in [0.5, 0.6) is 0 Å². The topological polar surface area (TPSA) is 102 Å². The summed E-state index contributed by atoms with van der Waals surface area (Å²) in [4.78, 5) is 24.7. The first-order valence-corrected chi connectivity index (χ1v) is 11.4. The summed E-state index contributed by atoms with van der Waals surface area (Å²) in [5.74, 6) is 0.280. The van der Waals surface area contributed by atoms with Gasteiger partial charge in [-0.25, -0.2) is 0 Å². The molecule has 2 aromatic heterocycles. The molecule has 0 unspecified atom stereocenters. The highest BCUT2D eigenvalue weighted by Gasteiger charge is 2.18. The Balaban J connectivity index is 1.50. The van der Waals surface area contributed by atoms with E-state index < -0.39 is 0 Å². The molecule has 0 aliphatic heterocycles. The number of thioether (sulfide) groups is 1. The van der Waals surface area contributed by atoms with E-state index in [1.54, 1.807) is 28.8 Å². The van der Waals surface area contributed by atoms with Gasteiger partial charge in [-0.3, -0.25) is 14.2 Å². The van der Waals surface area contributed by atoms with Gasteiger partial charge in [-0.05, 0) is 55.0 Å². The summed E-state index contributed by atoms with van der Waals surface area (Å²) in [7, 11) is 0. The summed E-state index contributed by atoms with van der Waals surface area (Å²) in [5.41, 5.74) is 2.51. The Labute approximate surface area is 199 Å². The fourth-order valence-corrected chi connectivity index (χ4v) is 4.04. The zero-order chi connectivity index (χ0) is 23.2. The minimum absolute atomic E-state index is 0.106. The summed E-state index contributed by atoms with van der Waals surface area (Å²) in [6, 6.07) is 18.0. The van der Waals surface area contributed by atoms with Gasteiger partial charge in [0, 0.05) is 10.7 Å². The molecule has 0 radical (unpaired) electrons. The third-order valence-electron chi connectivity index (χ3n) is 4.55. The van der Waals surface area contributed by atoms with Crippen LogP contribution < -0.4 is 10.6 Å². The molecule has 2 amide bonds. The quantitative estimate of drug-likeness (QED) is 0.360. The van der Waals surface area contributed by atoms with Gasteiger partial charge in [0.1, 0.15) is 0 Å². The predicted octanol–water partition coefficient (Wildman–Crippen LogP) is 4.48. The van der Waals surface area contributed by atoms with Crippen molar-refractivity contribution < 1.29 is 14.0 Å². The van der Waals surface area contributed by atoms with E-state index in [-0.39, 0.29) is 29.9 Å². The molecule has 8 nitrogen and oxygen atoms in total. The Morgan fingerprint density at radius 2 is 1.94 bits per heavy atom. The maximum absolute atomic E-state index is 12.5. The second kappa shape index (κ2) is 10.4. The largest absolute Gasteiger partial charge is 0.459 e. The number of anilines is 1. The molecule has 0 bridgehead atoms. The van der Waals surface area contributed by atoms with E-state index in [0.717, 1.165) is 16.9 Å². The maximum atomic E-state index is 12.5.